The van der Waals surface area contributed by atoms with Crippen LogP contribution in [-0.4, -0.2) is 136 Å². The number of morpholine rings is 1. The van der Waals surface area contributed by atoms with Gasteiger partial charge in [0.25, 0.3) is 21.6 Å². The van der Waals surface area contributed by atoms with E-state index in [1.54, 1.807) is 6.07 Å². The molecule has 5 fully saturated rings. The third-order valence-electron chi connectivity index (χ3n) is 16.7. The van der Waals surface area contributed by atoms with Gasteiger partial charge in [0.05, 0.1) is 46.9 Å². The lowest BCUT2D eigenvalue weighted by atomic mass is 9.59. The Labute approximate surface area is 419 Å². The highest BCUT2D eigenvalue weighted by molar-refractivity contribution is 7.90. The van der Waals surface area contributed by atoms with Crippen LogP contribution in [0.5, 0.6) is 11.6 Å². The van der Waals surface area contributed by atoms with E-state index in [0.29, 0.717) is 86.3 Å². The van der Waals surface area contributed by atoms with Gasteiger partial charge in [-0.05, 0) is 105 Å². The third kappa shape index (κ3) is 8.90. The Morgan fingerprint density at radius 3 is 2.60 bits per heavy atom. The number of pyridine rings is 1. The van der Waals surface area contributed by atoms with Crippen molar-refractivity contribution in [1.82, 2.24) is 24.5 Å². The number of hydrogen-bond acceptors (Lipinski definition) is 15. The molecule has 1 spiro atoms. The molecule has 3 aromatic carbocycles. The number of nitrogens with zero attached hydrogens (tertiary/aromatic N) is 6. The normalized spacial score (nSPS) is 24.5. The fourth-order valence-corrected chi connectivity index (χ4v) is 13.7. The largest absolute Gasteiger partial charge is 0.489 e. The minimum absolute atomic E-state index is 0.000206. The van der Waals surface area contributed by atoms with Crippen LogP contribution in [0.2, 0.25) is 0 Å². The first-order valence-corrected chi connectivity index (χ1v) is 27.3. The molecule has 19 heteroatoms. The van der Waals surface area contributed by atoms with Gasteiger partial charge in [-0.3, -0.25) is 24.7 Å². The molecule has 380 valence electrons. The molecular formula is C53H63N9O9S. The molecule has 1 saturated carbocycles. The maximum Gasteiger partial charge on any atom is 0.297 e. The number of rotatable bonds is 11. The Bertz CT molecular complexity index is 2980. The van der Waals surface area contributed by atoms with Gasteiger partial charge in [-0.25, -0.2) is 13.1 Å². The summed E-state index contributed by atoms with van der Waals surface area (Å²) in [6, 6.07) is 21.5. The number of nitro benzene ring substituents is 1. The lowest BCUT2D eigenvalue weighted by Gasteiger charge is -2.56. The topological polar surface area (TPSA) is 197 Å². The van der Waals surface area contributed by atoms with Crippen LogP contribution >= 0.6 is 0 Å². The molecule has 2 aromatic heterocycles. The summed E-state index contributed by atoms with van der Waals surface area (Å²) < 4.78 is 55.0. The van der Waals surface area contributed by atoms with Gasteiger partial charge in [0.15, 0.2) is 11.4 Å². The van der Waals surface area contributed by atoms with E-state index in [9.17, 15) is 23.3 Å². The number of aryl methyl sites for hydroxylation is 1. The summed E-state index contributed by atoms with van der Waals surface area (Å²) >= 11 is 0. The second-order valence-corrected chi connectivity index (χ2v) is 22.6. The number of carbonyl (C=O) groups excluding carboxylic acids is 1. The Balaban J connectivity index is 0.833. The number of aromatic amines is 1. The number of sulfonamides is 1. The van der Waals surface area contributed by atoms with E-state index in [1.807, 2.05) is 30.5 Å². The smallest absolute Gasteiger partial charge is 0.297 e. The first-order chi connectivity index (χ1) is 35.0. The van der Waals surface area contributed by atoms with Crippen molar-refractivity contribution >= 4 is 55.4 Å². The summed E-state index contributed by atoms with van der Waals surface area (Å²) in [4.78, 5) is 43.8. The van der Waals surface area contributed by atoms with Gasteiger partial charge in [-0.1, -0.05) is 31.2 Å². The number of nitro groups is 1. The molecule has 1 amide bonds. The molecule has 0 radical (unpaired) electrons. The molecule has 1 aliphatic carbocycles. The number of fused-ring (bicyclic) bond motifs is 4. The van der Waals surface area contributed by atoms with Crippen molar-refractivity contribution in [3.8, 4) is 11.6 Å². The maximum absolute atomic E-state index is 14.8. The SMILES string of the molecule is CCc1ccccc1[C@@H]1CCCN1C1CC2(CCN(c3ccc(C(=O)NS(=O)(=O)c4cc5c(c([N+](=O)[O-])c4)N[C@H](CN4CCOCC4)CO5)c(N4C[C@H]5CCOC[C@@H]5Oc5nc6[nH]ccc6cc54)c3)CC2)C1. The van der Waals surface area contributed by atoms with Gasteiger partial charge in [0.2, 0.25) is 5.88 Å². The van der Waals surface area contributed by atoms with Crippen molar-refractivity contribution in [2.45, 2.75) is 87.4 Å². The monoisotopic (exact) mass is 1000 g/mol. The minimum atomic E-state index is -4.69. The van der Waals surface area contributed by atoms with Crippen LogP contribution in [0.25, 0.3) is 11.0 Å². The number of ether oxygens (including phenoxy) is 4. The van der Waals surface area contributed by atoms with Crippen LogP contribution in [0.1, 0.15) is 79.4 Å². The zero-order chi connectivity index (χ0) is 49.1. The number of nitrogens with one attached hydrogen (secondary N) is 3. The third-order valence-corrected chi connectivity index (χ3v) is 18.0. The van der Waals surface area contributed by atoms with Crippen LogP contribution < -0.4 is 29.3 Å². The number of benzene rings is 3. The Morgan fingerprint density at radius 1 is 0.944 bits per heavy atom. The highest BCUT2D eigenvalue weighted by Crippen LogP contribution is 2.54. The first kappa shape index (κ1) is 47.0. The number of piperidine rings is 1. The van der Waals surface area contributed by atoms with Crippen molar-refractivity contribution in [3.05, 3.63) is 99.7 Å². The highest BCUT2D eigenvalue weighted by atomic mass is 32.2. The molecule has 7 aliphatic rings. The number of amides is 1. The van der Waals surface area contributed by atoms with E-state index in [-0.39, 0.29) is 41.7 Å². The second kappa shape index (κ2) is 19.1. The molecule has 5 aromatic rings. The molecule has 4 saturated heterocycles. The van der Waals surface area contributed by atoms with E-state index < -0.39 is 31.4 Å². The van der Waals surface area contributed by atoms with Crippen molar-refractivity contribution in [3.63, 3.8) is 0 Å². The lowest BCUT2D eigenvalue weighted by molar-refractivity contribution is -0.384. The van der Waals surface area contributed by atoms with E-state index in [1.165, 1.54) is 42.9 Å². The number of aromatic nitrogens is 2. The van der Waals surface area contributed by atoms with E-state index in [0.717, 1.165) is 69.1 Å². The Kier molecular flexibility index (Phi) is 12.5. The molecule has 0 unspecified atom stereocenters. The van der Waals surface area contributed by atoms with Crippen molar-refractivity contribution < 1.29 is 37.1 Å². The summed E-state index contributed by atoms with van der Waals surface area (Å²) in [5.41, 5.74) is 5.73. The van der Waals surface area contributed by atoms with Gasteiger partial charge < -0.3 is 39.0 Å². The molecule has 4 atom stereocenters. The number of anilines is 4. The first-order valence-electron chi connectivity index (χ1n) is 25.8. The van der Waals surface area contributed by atoms with Crippen LogP contribution in [0, 0.1) is 21.4 Å². The van der Waals surface area contributed by atoms with Crippen molar-refractivity contribution in [2.24, 2.45) is 11.3 Å². The zero-order valence-electron chi connectivity index (χ0n) is 40.7. The highest BCUT2D eigenvalue weighted by Gasteiger charge is 2.50. The summed E-state index contributed by atoms with van der Waals surface area (Å²) in [5, 5.41) is 16.6. The summed E-state index contributed by atoms with van der Waals surface area (Å²) in [5.74, 6) is -0.478. The summed E-state index contributed by atoms with van der Waals surface area (Å²) in [6.07, 6.45) is 10.2. The van der Waals surface area contributed by atoms with Crippen molar-refractivity contribution in [2.75, 3.05) is 94.0 Å². The lowest BCUT2D eigenvalue weighted by Crippen LogP contribution is -2.55. The molecule has 0 bridgehead atoms. The van der Waals surface area contributed by atoms with E-state index >= 15 is 0 Å². The van der Waals surface area contributed by atoms with Crippen LogP contribution in [-0.2, 0) is 25.9 Å². The molecule has 18 nitrogen and oxygen atoms in total. The van der Waals surface area contributed by atoms with Gasteiger partial charge in [0, 0.05) is 93.3 Å². The average molecular weight is 1000 g/mol. The van der Waals surface area contributed by atoms with Gasteiger partial charge >= 0.3 is 0 Å². The number of likely N-dealkylation sites (tertiary alicyclic amines) is 1. The van der Waals surface area contributed by atoms with Gasteiger partial charge in [-0.15, -0.1) is 0 Å². The molecular weight excluding hydrogens is 939 g/mol. The van der Waals surface area contributed by atoms with E-state index in [4.69, 9.17) is 23.9 Å². The Morgan fingerprint density at radius 2 is 1.78 bits per heavy atom. The second-order valence-electron chi connectivity index (χ2n) is 20.9. The van der Waals surface area contributed by atoms with Crippen LogP contribution in [0.3, 0.4) is 0 Å². The number of H-pyrrole nitrogens is 1. The van der Waals surface area contributed by atoms with E-state index in [2.05, 4.69) is 65.8 Å². The van der Waals surface area contributed by atoms with Crippen molar-refractivity contribution in [1.29, 1.82) is 0 Å². The zero-order valence-corrected chi connectivity index (χ0v) is 41.5. The van der Waals surface area contributed by atoms with Crippen LogP contribution in [0.4, 0.5) is 28.4 Å². The molecule has 3 N–H and O–H groups in total. The van der Waals surface area contributed by atoms with Gasteiger partial charge in [0.1, 0.15) is 24.0 Å². The predicted octanol–water partition coefficient (Wildman–Crippen LogP) is 7.18. The van der Waals surface area contributed by atoms with Crippen LogP contribution in [0.15, 0.2) is 77.8 Å². The maximum atomic E-state index is 14.8. The average Bonchev–Trinajstić information content (AvgIpc) is 4.03. The fraction of sp³-hybridized carbons (Fsp3) is 0.509. The standard InChI is InChI=1S/C53H63N9O9S/c1-2-34-6-3-4-7-41(34)43-8-5-16-60(43)39-28-53(29-39)13-17-59(18-14-53)38-9-10-42(44(25-38)61-30-36-12-21-69-33-48(36)71-52-46(61)24-35-11-15-54-50(35)56-52)51(63)57-72(66,67)40-26-45(62(64)65)49-47(27-40)70-32-37(55-49)31-58-19-22-68-23-20-58/h3-4,6-7,9-11,15,24-27,36-37,39,43,48,55H,2,5,8,12-14,16-23,28-33H2,1H3,(H,54,56)(H,57,63)/t36-,37-,43+,48+/m1/s1. The fourth-order valence-electron chi connectivity index (χ4n) is 12.7. The minimum Gasteiger partial charge on any atom is -0.489 e. The summed E-state index contributed by atoms with van der Waals surface area (Å²) in [6.45, 7) is 9.88. The molecule has 12 rings (SSSR count). The molecule has 72 heavy (non-hydrogen) atoms. The number of carbonyl (C=O) groups is 1. The molecule has 8 heterocycles. The number of hydrogen-bond donors (Lipinski definition) is 3. The molecule has 6 aliphatic heterocycles. The predicted molar refractivity (Wildman–Crippen MR) is 272 cm³/mol. The Hall–Kier alpha value is -5.99. The summed E-state index contributed by atoms with van der Waals surface area (Å²) in [7, 11) is -4.69. The van der Waals surface area contributed by atoms with Gasteiger partial charge in [-0.2, -0.15) is 4.98 Å². The quantitative estimate of drug-likeness (QED) is 0.0889.